The summed E-state index contributed by atoms with van der Waals surface area (Å²) in [6.45, 7) is 4.40. The van der Waals surface area contributed by atoms with Crippen molar-refractivity contribution >= 4 is 24.2 Å². The van der Waals surface area contributed by atoms with E-state index in [1.54, 1.807) is 25.9 Å². The van der Waals surface area contributed by atoms with Crippen molar-refractivity contribution in [3.8, 4) is 5.75 Å². The smallest absolute Gasteiger partial charge is 0.245 e. The highest BCUT2D eigenvalue weighted by Gasteiger charge is 2.35. The molecule has 0 radical (unpaired) electrons. The quantitative estimate of drug-likeness (QED) is 0.839. The molecule has 128 valence electrons. The average molecular weight is 342 g/mol. The van der Waals surface area contributed by atoms with Crippen molar-refractivity contribution in [3.63, 3.8) is 0 Å². The fraction of sp³-hybridized carbons (Fsp3) is 0.500. The van der Waals surface area contributed by atoms with Gasteiger partial charge in [0.15, 0.2) is 0 Å². The molecule has 1 heterocycles. The van der Waals surface area contributed by atoms with Gasteiger partial charge in [0.25, 0.3) is 0 Å². The van der Waals surface area contributed by atoms with Crippen LogP contribution in [0.15, 0.2) is 24.3 Å². The molecule has 1 saturated heterocycles. The second-order valence-corrected chi connectivity index (χ2v) is 6.14. The number of methoxy groups -OCH3 is 1. The maximum Gasteiger partial charge on any atom is 0.245 e. The van der Waals surface area contributed by atoms with Crippen molar-refractivity contribution < 1.29 is 14.3 Å². The second kappa shape index (κ2) is 7.66. The van der Waals surface area contributed by atoms with E-state index in [9.17, 15) is 9.59 Å². The summed E-state index contributed by atoms with van der Waals surface area (Å²) in [5.41, 5.74) is 5.78. The topological polar surface area (TPSA) is 84.7 Å². The minimum absolute atomic E-state index is 0. The van der Waals surface area contributed by atoms with Crippen LogP contribution in [0.4, 0.5) is 0 Å². The van der Waals surface area contributed by atoms with Crippen molar-refractivity contribution in [2.45, 2.75) is 38.4 Å². The summed E-state index contributed by atoms with van der Waals surface area (Å²) in [6.07, 6.45) is 0.608. The van der Waals surface area contributed by atoms with Crippen LogP contribution in [0, 0.1) is 0 Å². The monoisotopic (exact) mass is 341 g/mol. The van der Waals surface area contributed by atoms with Crippen molar-refractivity contribution in [2.75, 3.05) is 13.7 Å². The zero-order valence-corrected chi connectivity index (χ0v) is 14.5. The Morgan fingerprint density at radius 2 is 2.00 bits per heavy atom. The van der Waals surface area contributed by atoms with Gasteiger partial charge in [0.2, 0.25) is 11.8 Å². The van der Waals surface area contributed by atoms with E-state index in [1.165, 1.54) is 0 Å². The van der Waals surface area contributed by atoms with E-state index < -0.39 is 11.6 Å². The van der Waals surface area contributed by atoms with E-state index in [0.717, 1.165) is 11.3 Å². The van der Waals surface area contributed by atoms with Gasteiger partial charge in [0.1, 0.15) is 11.8 Å². The first kappa shape index (κ1) is 19.3. The molecule has 1 atom stereocenters. The molecule has 0 spiro atoms. The number of nitrogens with one attached hydrogen (secondary N) is 1. The lowest BCUT2D eigenvalue weighted by molar-refractivity contribution is -0.134. The summed E-state index contributed by atoms with van der Waals surface area (Å²) in [5.74, 6) is 0.414. The van der Waals surface area contributed by atoms with Gasteiger partial charge in [-0.15, -0.1) is 12.4 Å². The van der Waals surface area contributed by atoms with E-state index >= 15 is 0 Å². The number of carbonyl (C=O) groups is 2. The van der Waals surface area contributed by atoms with E-state index in [-0.39, 0.29) is 24.2 Å². The molecule has 7 heteroatoms. The van der Waals surface area contributed by atoms with Crippen LogP contribution >= 0.6 is 12.4 Å². The van der Waals surface area contributed by atoms with Gasteiger partial charge < -0.3 is 20.7 Å². The number of ether oxygens (including phenoxy) is 1. The van der Waals surface area contributed by atoms with Gasteiger partial charge in [-0.3, -0.25) is 9.59 Å². The predicted octanol–water partition coefficient (Wildman–Crippen LogP) is 1.07. The van der Waals surface area contributed by atoms with E-state index in [1.807, 2.05) is 24.3 Å². The molecule has 23 heavy (non-hydrogen) atoms. The maximum atomic E-state index is 12.3. The molecule has 1 aliphatic heterocycles. The molecule has 2 rings (SSSR count). The van der Waals surface area contributed by atoms with Gasteiger partial charge in [0.05, 0.1) is 12.6 Å². The number of nitrogens with two attached hydrogens (primary N) is 1. The fourth-order valence-corrected chi connectivity index (χ4v) is 2.33. The van der Waals surface area contributed by atoms with Crippen LogP contribution in [0.3, 0.4) is 0 Å². The van der Waals surface area contributed by atoms with Gasteiger partial charge in [0, 0.05) is 13.1 Å². The third kappa shape index (κ3) is 4.84. The maximum absolute atomic E-state index is 12.3. The fourth-order valence-electron chi connectivity index (χ4n) is 2.33. The standard InChI is InChI=1S/C16H23N3O3.ClH/c1-16(2,17)15(21)18-13-8-9-19(14(13)20)10-11-4-6-12(22-3)7-5-11;/h4-7,13H,8-10,17H2,1-3H3,(H,18,21);1H. The minimum Gasteiger partial charge on any atom is -0.497 e. The predicted molar refractivity (Wildman–Crippen MR) is 90.5 cm³/mol. The molecule has 1 aromatic rings. The number of rotatable bonds is 5. The van der Waals surface area contributed by atoms with Crippen molar-refractivity contribution in [1.82, 2.24) is 10.2 Å². The minimum atomic E-state index is -0.982. The van der Waals surface area contributed by atoms with Gasteiger partial charge in [-0.05, 0) is 38.0 Å². The Labute approximate surface area is 142 Å². The van der Waals surface area contributed by atoms with Crippen molar-refractivity contribution in [3.05, 3.63) is 29.8 Å². The van der Waals surface area contributed by atoms with Gasteiger partial charge in [-0.25, -0.2) is 0 Å². The van der Waals surface area contributed by atoms with Crippen LogP contribution in [0.1, 0.15) is 25.8 Å². The van der Waals surface area contributed by atoms with E-state index in [2.05, 4.69) is 5.32 Å². The Bertz CT molecular complexity index is 555. The molecule has 0 aliphatic carbocycles. The Kier molecular flexibility index (Phi) is 6.41. The third-order valence-electron chi connectivity index (χ3n) is 3.72. The Balaban J connectivity index is 0.00000264. The summed E-state index contributed by atoms with van der Waals surface area (Å²) < 4.78 is 5.11. The molecule has 0 bridgehead atoms. The number of hydrogen-bond donors (Lipinski definition) is 2. The van der Waals surface area contributed by atoms with Crippen LogP contribution < -0.4 is 15.8 Å². The number of amides is 2. The first-order valence-corrected chi connectivity index (χ1v) is 7.33. The zero-order chi connectivity index (χ0) is 16.3. The highest BCUT2D eigenvalue weighted by molar-refractivity contribution is 5.92. The number of hydrogen-bond acceptors (Lipinski definition) is 4. The number of halogens is 1. The molecular formula is C16H24ClN3O3. The van der Waals surface area contributed by atoms with Crippen molar-refractivity contribution in [1.29, 1.82) is 0 Å². The lowest BCUT2D eigenvalue weighted by Crippen LogP contribution is -2.53. The summed E-state index contributed by atoms with van der Waals surface area (Å²) in [6, 6.07) is 7.12. The molecule has 6 nitrogen and oxygen atoms in total. The SMILES string of the molecule is COc1ccc(CN2CCC(NC(=O)C(C)(C)N)C2=O)cc1.Cl. The molecule has 0 aromatic heterocycles. The molecule has 1 unspecified atom stereocenters. The Morgan fingerprint density at radius 3 is 2.52 bits per heavy atom. The lowest BCUT2D eigenvalue weighted by Gasteiger charge is -2.21. The van der Waals surface area contributed by atoms with Crippen LogP contribution in [0.2, 0.25) is 0 Å². The number of benzene rings is 1. The van der Waals surface area contributed by atoms with Gasteiger partial charge in [-0.1, -0.05) is 12.1 Å². The van der Waals surface area contributed by atoms with Crippen LogP contribution in [-0.2, 0) is 16.1 Å². The third-order valence-corrected chi connectivity index (χ3v) is 3.72. The molecule has 2 amide bonds. The highest BCUT2D eigenvalue weighted by Crippen LogP contribution is 2.18. The van der Waals surface area contributed by atoms with Crippen LogP contribution in [0.25, 0.3) is 0 Å². The molecule has 1 fully saturated rings. The number of nitrogens with zero attached hydrogens (tertiary/aromatic N) is 1. The average Bonchev–Trinajstić information content (AvgIpc) is 2.80. The van der Waals surface area contributed by atoms with Crippen LogP contribution in [-0.4, -0.2) is 41.9 Å². The molecular weight excluding hydrogens is 318 g/mol. The summed E-state index contributed by atoms with van der Waals surface area (Å²) in [7, 11) is 1.62. The highest BCUT2D eigenvalue weighted by atomic mass is 35.5. The molecule has 1 aromatic carbocycles. The first-order valence-electron chi connectivity index (χ1n) is 7.33. The molecule has 0 saturated carbocycles. The first-order chi connectivity index (χ1) is 10.3. The van der Waals surface area contributed by atoms with Gasteiger partial charge >= 0.3 is 0 Å². The molecule has 3 N–H and O–H groups in total. The Morgan fingerprint density at radius 1 is 1.39 bits per heavy atom. The summed E-state index contributed by atoms with van der Waals surface area (Å²) in [4.78, 5) is 26.0. The summed E-state index contributed by atoms with van der Waals surface area (Å²) >= 11 is 0. The lowest BCUT2D eigenvalue weighted by atomic mass is 10.1. The second-order valence-electron chi connectivity index (χ2n) is 6.14. The molecule has 1 aliphatic rings. The normalized spacial score (nSPS) is 17.7. The summed E-state index contributed by atoms with van der Waals surface area (Å²) in [5, 5.41) is 2.73. The van der Waals surface area contributed by atoms with Gasteiger partial charge in [-0.2, -0.15) is 0 Å². The van der Waals surface area contributed by atoms with Crippen molar-refractivity contribution in [2.24, 2.45) is 5.73 Å². The Hall–Kier alpha value is -1.79. The number of likely N-dealkylation sites (tertiary alicyclic amines) is 1. The van der Waals surface area contributed by atoms with Crippen LogP contribution in [0.5, 0.6) is 5.75 Å². The zero-order valence-electron chi connectivity index (χ0n) is 13.7. The largest absolute Gasteiger partial charge is 0.497 e. The number of carbonyl (C=O) groups excluding carboxylic acids is 2. The van der Waals surface area contributed by atoms with E-state index in [0.29, 0.717) is 19.5 Å². The van der Waals surface area contributed by atoms with E-state index in [4.69, 9.17) is 10.5 Å².